The first-order valence-corrected chi connectivity index (χ1v) is 11.8. The lowest BCUT2D eigenvalue weighted by Gasteiger charge is -2.16. The zero-order valence-electron chi connectivity index (χ0n) is 18.8. The predicted octanol–water partition coefficient (Wildman–Crippen LogP) is 3.42. The molecule has 34 heavy (non-hydrogen) atoms. The monoisotopic (exact) mass is 454 g/mol. The van der Waals surface area contributed by atoms with E-state index in [0.717, 1.165) is 60.4 Å². The quantitative estimate of drug-likeness (QED) is 0.466. The van der Waals surface area contributed by atoms with E-state index >= 15 is 0 Å². The number of aromatic amines is 2. The minimum atomic E-state index is -0.243. The molecule has 1 saturated heterocycles. The number of carbonyl (C=O) groups is 1. The van der Waals surface area contributed by atoms with Gasteiger partial charge in [0.2, 0.25) is 5.91 Å². The summed E-state index contributed by atoms with van der Waals surface area (Å²) >= 11 is 0. The van der Waals surface area contributed by atoms with Gasteiger partial charge in [0.15, 0.2) is 0 Å². The van der Waals surface area contributed by atoms with Gasteiger partial charge in [-0.05, 0) is 60.6 Å². The molecule has 8 nitrogen and oxygen atoms in total. The number of likely N-dealkylation sites (tertiary alicyclic amines) is 1. The van der Waals surface area contributed by atoms with Crippen LogP contribution in [0.5, 0.6) is 0 Å². The van der Waals surface area contributed by atoms with E-state index in [2.05, 4.69) is 32.5 Å². The number of hydrogen-bond acceptors (Lipinski definition) is 4. The van der Waals surface area contributed by atoms with E-state index in [1.165, 1.54) is 0 Å². The molecule has 3 heterocycles. The molecular weight excluding hydrogens is 428 g/mol. The molecule has 8 heteroatoms. The van der Waals surface area contributed by atoms with Crippen LogP contribution in [0, 0.1) is 11.8 Å². The molecule has 1 aliphatic heterocycles. The summed E-state index contributed by atoms with van der Waals surface area (Å²) in [5, 5.41) is 13.9. The van der Waals surface area contributed by atoms with Crippen molar-refractivity contribution in [3.63, 3.8) is 0 Å². The second kappa shape index (κ2) is 8.44. The van der Waals surface area contributed by atoms with Gasteiger partial charge in [0.1, 0.15) is 5.82 Å². The number of amides is 1. The first kappa shape index (κ1) is 20.7. The van der Waals surface area contributed by atoms with E-state index < -0.39 is 0 Å². The average Bonchev–Trinajstić information content (AvgIpc) is 3.22. The van der Waals surface area contributed by atoms with Crippen LogP contribution in [0.2, 0.25) is 0 Å². The summed E-state index contributed by atoms with van der Waals surface area (Å²) in [7, 11) is 0. The third kappa shape index (κ3) is 3.96. The van der Waals surface area contributed by atoms with E-state index in [1.807, 2.05) is 47.4 Å². The second-order valence-corrected chi connectivity index (χ2v) is 9.30. The average molecular weight is 455 g/mol. The first-order chi connectivity index (χ1) is 16.7. The molecule has 1 saturated carbocycles. The summed E-state index contributed by atoms with van der Waals surface area (Å²) in [6.45, 7) is 1.56. The van der Waals surface area contributed by atoms with Crippen LogP contribution in [-0.4, -0.2) is 48.9 Å². The van der Waals surface area contributed by atoms with Crippen LogP contribution in [-0.2, 0) is 11.2 Å². The van der Waals surface area contributed by atoms with Crippen molar-refractivity contribution in [2.75, 3.05) is 13.1 Å². The first-order valence-electron chi connectivity index (χ1n) is 11.8. The highest BCUT2D eigenvalue weighted by Gasteiger charge is 2.36. The van der Waals surface area contributed by atoms with Crippen molar-refractivity contribution < 1.29 is 4.79 Å². The summed E-state index contributed by atoms with van der Waals surface area (Å²) in [5.41, 5.74) is 4.73. The molecule has 172 valence electrons. The van der Waals surface area contributed by atoms with Crippen LogP contribution < -0.4 is 5.69 Å². The van der Waals surface area contributed by atoms with Gasteiger partial charge >= 0.3 is 5.69 Å². The normalized spacial score (nSPS) is 17.9. The Hall–Kier alpha value is -3.94. The van der Waals surface area contributed by atoms with E-state index in [1.54, 1.807) is 10.8 Å². The molecule has 0 radical (unpaired) electrons. The second-order valence-electron chi connectivity index (χ2n) is 9.30. The van der Waals surface area contributed by atoms with Crippen molar-refractivity contribution in [3.05, 3.63) is 77.1 Å². The topological polar surface area (TPSA) is 99.7 Å². The van der Waals surface area contributed by atoms with Gasteiger partial charge in [0, 0.05) is 37.2 Å². The Bertz CT molecular complexity index is 1370. The molecule has 2 aromatic heterocycles. The molecular formula is C26H26N6O2. The fraction of sp³-hybridized carbons (Fsp3) is 0.308. The van der Waals surface area contributed by atoms with E-state index in [9.17, 15) is 9.59 Å². The lowest BCUT2D eigenvalue weighted by molar-refractivity contribution is -0.131. The van der Waals surface area contributed by atoms with Gasteiger partial charge in [0.25, 0.3) is 0 Å². The molecule has 4 aromatic rings. The van der Waals surface area contributed by atoms with Gasteiger partial charge in [-0.25, -0.2) is 14.5 Å². The maximum absolute atomic E-state index is 12.6. The zero-order valence-corrected chi connectivity index (χ0v) is 18.8. The van der Waals surface area contributed by atoms with Crippen LogP contribution in [0.3, 0.4) is 0 Å². The molecule has 1 amide bonds. The van der Waals surface area contributed by atoms with Gasteiger partial charge < -0.3 is 4.90 Å². The fourth-order valence-electron chi connectivity index (χ4n) is 4.86. The molecule has 0 bridgehead atoms. The van der Waals surface area contributed by atoms with Crippen LogP contribution in [0.1, 0.15) is 25.1 Å². The van der Waals surface area contributed by atoms with E-state index in [0.29, 0.717) is 24.1 Å². The Balaban J connectivity index is 1.21. The lowest BCUT2D eigenvalue weighted by Crippen LogP contribution is -2.30. The molecule has 1 aliphatic carbocycles. The largest absolute Gasteiger partial charge is 0.347 e. The van der Waals surface area contributed by atoms with Gasteiger partial charge in [-0.1, -0.05) is 30.3 Å². The van der Waals surface area contributed by atoms with Gasteiger partial charge in [-0.2, -0.15) is 10.2 Å². The minimum Gasteiger partial charge on any atom is -0.342 e. The van der Waals surface area contributed by atoms with Crippen molar-refractivity contribution in [3.8, 4) is 28.1 Å². The van der Waals surface area contributed by atoms with Crippen molar-refractivity contribution in [1.82, 2.24) is 29.9 Å². The number of nitrogens with zero attached hydrogens (tertiary/aromatic N) is 4. The Labute approximate surface area is 196 Å². The SMILES string of the molecule is O=C(C1CC1)N1CC[C@@H](Cc2n[nH]c(=O)n2-c2ccc(-c3cccc(-c4ccn[nH]4)c3)cc2)C1. The number of carbonyl (C=O) groups excluding carboxylic acids is 1. The smallest absolute Gasteiger partial charge is 0.342 e. The lowest BCUT2D eigenvalue weighted by atomic mass is 10.0. The summed E-state index contributed by atoms with van der Waals surface area (Å²) in [5.74, 6) is 1.58. The van der Waals surface area contributed by atoms with Gasteiger partial charge in [-0.3, -0.25) is 9.89 Å². The maximum atomic E-state index is 12.6. The van der Waals surface area contributed by atoms with Crippen molar-refractivity contribution in [2.45, 2.75) is 25.7 Å². The molecule has 6 rings (SSSR count). The number of aromatic nitrogens is 5. The predicted molar refractivity (Wildman–Crippen MR) is 128 cm³/mol. The fourth-order valence-corrected chi connectivity index (χ4v) is 4.86. The summed E-state index contributed by atoms with van der Waals surface area (Å²) in [4.78, 5) is 27.0. The third-order valence-corrected chi connectivity index (χ3v) is 6.87. The number of H-pyrrole nitrogens is 2. The highest BCUT2D eigenvalue weighted by atomic mass is 16.2. The van der Waals surface area contributed by atoms with E-state index in [4.69, 9.17) is 0 Å². The van der Waals surface area contributed by atoms with Crippen molar-refractivity contribution >= 4 is 5.91 Å². The number of hydrogen-bond donors (Lipinski definition) is 2. The van der Waals surface area contributed by atoms with Crippen LogP contribution >= 0.6 is 0 Å². The van der Waals surface area contributed by atoms with E-state index in [-0.39, 0.29) is 11.6 Å². The Kier molecular flexibility index (Phi) is 5.13. The molecule has 2 aromatic carbocycles. The molecule has 0 spiro atoms. The minimum absolute atomic E-state index is 0.243. The third-order valence-electron chi connectivity index (χ3n) is 6.87. The maximum Gasteiger partial charge on any atom is 0.347 e. The van der Waals surface area contributed by atoms with Crippen molar-refractivity contribution in [2.24, 2.45) is 11.8 Å². The summed E-state index contributed by atoms with van der Waals surface area (Å²) in [6, 6.07) is 18.2. The Morgan fingerprint density at radius 3 is 2.56 bits per heavy atom. The molecule has 2 fully saturated rings. The van der Waals surface area contributed by atoms with Gasteiger partial charge in [-0.15, -0.1) is 0 Å². The summed E-state index contributed by atoms with van der Waals surface area (Å²) in [6.07, 6.45) is 5.42. The molecule has 2 aliphatic rings. The standard InChI is InChI=1S/C26H26N6O2/c33-25(19-4-5-19)31-13-11-17(16-31)14-24-29-30-26(34)32(24)22-8-6-18(7-9-22)20-2-1-3-21(15-20)23-10-12-27-28-23/h1-3,6-10,12,15,17,19H,4-5,11,13-14,16H2,(H,27,28)(H,30,34)/t17-/m0/s1. The van der Waals surface area contributed by atoms with Crippen LogP contribution in [0.4, 0.5) is 0 Å². The number of benzene rings is 2. The highest BCUT2D eigenvalue weighted by molar-refractivity contribution is 5.81. The number of rotatable bonds is 6. The Morgan fingerprint density at radius 2 is 1.79 bits per heavy atom. The summed E-state index contributed by atoms with van der Waals surface area (Å²) < 4.78 is 1.65. The van der Waals surface area contributed by atoms with Crippen LogP contribution in [0.25, 0.3) is 28.1 Å². The Morgan fingerprint density at radius 1 is 0.971 bits per heavy atom. The highest BCUT2D eigenvalue weighted by Crippen LogP contribution is 2.33. The number of nitrogens with one attached hydrogen (secondary N) is 2. The zero-order chi connectivity index (χ0) is 23.1. The molecule has 2 N–H and O–H groups in total. The van der Waals surface area contributed by atoms with Crippen LogP contribution in [0.15, 0.2) is 65.6 Å². The molecule has 1 atom stereocenters. The molecule has 0 unspecified atom stereocenters. The van der Waals surface area contributed by atoms with Crippen molar-refractivity contribution in [1.29, 1.82) is 0 Å². The van der Waals surface area contributed by atoms with Gasteiger partial charge in [0.05, 0.1) is 11.4 Å².